The molecule has 0 spiro atoms. The summed E-state index contributed by atoms with van der Waals surface area (Å²) in [6, 6.07) is 25.4. The Labute approximate surface area is 270 Å². The Balaban J connectivity index is 1.84. The van der Waals surface area contributed by atoms with Crippen molar-refractivity contribution in [3.05, 3.63) is 125 Å². The first kappa shape index (κ1) is 34.2. The van der Waals surface area contributed by atoms with E-state index in [-0.39, 0.29) is 35.2 Å². The summed E-state index contributed by atoms with van der Waals surface area (Å²) in [7, 11) is -2.86. The first-order chi connectivity index (χ1) is 22.0. The van der Waals surface area contributed by atoms with Crippen molar-refractivity contribution in [2.75, 3.05) is 24.5 Å². The molecule has 0 bridgehead atoms. The number of halogens is 1. The van der Waals surface area contributed by atoms with E-state index in [2.05, 4.69) is 5.32 Å². The van der Waals surface area contributed by atoms with E-state index in [1.165, 1.54) is 36.3 Å². The van der Waals surface area contributed by atoms with E-state index in [1.807, 2.05) is 51.1 Å². The van der Waals surface area contributed by atoms with E-state index < -0.39 is 34.3 Å². The highest BCUT2D eigenvalue weighted by molar-refractivity contribution is 7.92. The molecule has 4 aromatic rings. The van der Waals surface area contributed by atoms with Gasteiger partial charge in [-0.1, -0.05) is 73.2 Å². The van der Waals surface area contributed by atoms with Gasteiger partial charge in [-0.25, -0.2) is 12.8 Å². The maximum Gasteiger partial charge on any atom is 0.264 e. The second-order valence-electron chi connectivity index (χ2n) is 11.1. The number of ether oxygens (including phenoxy) is 1. The molecule has 8 nitrogen and oxygen atoms in total. The average Bonchev–Trinajstić information content (AvgIpc) is 3.05. The Bertz CT molecular complexity index is 1730. The smallest absolute Gasteiger partial charge is 0.264 e. The van der Waals surface area contributed by atoms with Crippen LogP contribution in [0.1, 0.15) is 35.6 Å². The number of hydrogen-bond donors (Lipinski definition) is 1. The van der Waals surface area contributed by atoms with Crippen molar-refractivity contribution in [3.8, 4) is 5.75 Å². The lowest BCUT2D eigenvalue weighted by Crippen LogP contribution is -2.53. The molecule has 0 aliphatic heterocycles. The van der Waals surface area contributed by atoms with Crippen molar-refractivity contribution >= 4 is 27.5 Å². The second-order valence-corrected chi connectivity index (χ2v) is 13.0. The van der Waals surface area contributed by atoms with Gasteiger partial charge < -0.3 is 15.0 Å². The standard InChI is InChI=1S/C36H40FN3O5S/c1-5-21-38-36(42)33(23-28-9-7-6-8-10-28)39(24-29-14-16-30(37)17-15-29)35(41)25-40(32-22-27(3)13-20-34(32)45-4)46(43,44)31-18-11-26(2)12-19-31/h6-20,22,33H,5,21,23-25H2,1-4H3,(H,38,42)/t33-/m1/s1. The topological polar surface area (TPSA) is 96.0 Å². The number of amides is 2. The third-order valence-electron chi connectivity index (χ3n) is 7.58. The van der Waals surface area contributed by atoms with Gasteiger partial charge in [0.2, 0.25) is 11.8 Å². The minimum atomic E-state index is -4.29. The molecule has 2 amide bonds. The molecule has 0 fully saturated rings. The number of nitrogens with one attached hydrogen (secondary N) is 1. The number of hydrogen-bond acceptors (Lipinski definition) is 5. The van der Waals surface area contributed by atoms with Crippen LogP contribution >= 0.6 is 0 Å². The van der Waals surface area contributed by atoms with E-state index in [0.717, 1.165) is 21.0 Å². The molecule has 4 aromatic carbocycles. The van der Waals surface area contributed by atoms with Gasteiger partial charge in [0.05, 0.1) is 17.7 Å². The van der Waals surface area contributed by atoms with Crippen molar-refractivity contribution in [2.45, 2.75) is 51.1 Å². The zero-order valence-electron chi connectivity index (χ0n) is 26.6. The number of benzene rings is 4. The molecular weight excluding hydrogens is 605 g/mol. The fourth-order valence-electron chi connectivity index (χ4n) is 5.05. The molecule has 0 aromatic heterocycles. The van der Waals surface area contributed by atoms with Crippen LogP contribution < -0.4 is 14.4 Å². The molecule has 0 radical (unpaired) electrons. The van der Waals surface area contributed by atoms with Crippen LogP contribution in [0.5, 0.6) is 5.75 Å². The quantitative estimate of drug-likeness (QED) is 0.187. The number of methoxy groups -OCH3 is 1. The van der Waals surface area contributed by atoms with E-state index in [4.69, 9.17) is 4.74 Å². The van der Waals surface area contributed by atoms with E-state index >= 15 is 0 Å². The molecule has 1 atom stereocenters. The number of rotatable bonds is 14. The fraction of sp³-hybridized carbons (Fsp3) is 0.278. The third-order valence-corrected chi connectivity index (χ3v) is 9.35. The van der Waals surface area contributed by atoms with Gasteiger partial charge in [0, 0.05) is 19.5 Å². The van der Waals surface area contributed by atoms with Gasteiger partial charge >= 0.3 is 0 Å². The molecule has 0 unspecified atom stereocenters. The lowest BCUT2D eigenvalue weighted by Gasteiger charge is -2.34. The lowest BCUT2D eigenvalue weighted by atomic mass is 10.0. The lowest BCUT2D eigenvalue weighted by molar-refractivity contribution is -0.140. The molecule has 0 heterocycles. The minimum absolute atomic E-state index is 0.000989. The van der Waals surface area contributed by atoms with Gasteiger partial charge in [-0.15, -0.1) is 0 Å². The molecule has 0 saturated carbocycles. The maximum atomic E-state index is 14.5. The molecule has 10 heteroatoms. The van der Waals surface area contributed by atoms with E-state index in [1.54, 1.807) is 42.5 Å². The zero-order valence-corrected chi connectivity index (χ0v) is 27.4. The van der Waals surface area contributed by atoms with Crippen molar-refractivity contribution < 1.29 is 27.1 Å². The summed E-state index contributed by atoms with van der Waals surface area (Å²) >= 11 is 0. The second kappa shape index (κ2) is 15.5. The molecule has 0 aliphatic carbocycles. The Kier molecular flexibility index (Phi) is 11.5. The molecule has 242 valence electrons. The number of carbonyl (C=O) groups excluding carboxylic acids is 2. The predicted octanol–water partition coefficient (Wildman–Crippen LogP) is 5.81. The summed E-state index contributed by atoms with van der Waals surface area (Å²) in [6.45, 7) is 5.32. The molecule has 46 heavy (non-hydrogen) atoms. The van der Waals surface area contributed by atoms with Gasteiger partial charge in [0.15, 0.2) is 0 Å². The van der Waals surface area contributed by atoms with Gasteiger partial charge in [-0.05, 0) is 73.4 Å². The number of sulfonamides is 1. The molecule has 0 aliphatic rings. The maximum absolute atomic E-state index is 14.5. The van der Waals surface area contributed by atoms with Gasteiger partial charge in [-0.3, -0.25) is 13.9 Å². The van der Waals surface area contributed by atoms with Crippen LogP contribution in [0.15, 0.2) is 102 Å². The zero-order chi connectivity index (χ0) is 33.3. The minimum Gasteiger partial charge on any atom is -0.495 e. The largest absolute Gasteiger partial charge is 0.495 e. The number of carbonyl (C=O) groups is 2. The number of anilines is 1. The first-order valence-electron chi connectivity index (χ1n) is 15.1. The van der Waals surface area contributed by atoms with Crippen LogP contribution in [-0.2, 0) is 32.6 Å². The summed E-state index contributed by atoms with van der Waals surface area (Å²) in [5.74, 6) is -1.16. The number of nitrogens with zero attached hydrogens (tertiary/aromatic N) is 2. The average molecular weight is 646 g/mol. The van der Waals surface area contributed by atoms with E-state index in [0.29, 0.717) is 18.5 Å². The third kappa shape index (κ3) is 8.51. The van der Waals surface area contributed by atoms with Crippen molar-refractivity contribution in [2.24, 2.45) is 0 Å². The Hall–Kier alpha value is -4.70. The van der Waals surface area contributed by atoms with Gasteiger partial charge in [0.25, 0.3) is 10.0 Å². The summed E-state index contributed by atoms with van der Waals surface area (Å²) < 4.78 is 49.0. The Morgan fingerprint density at radius 2 is 1.52 bits per heavy atom. The van der Waals surface area contributed by atoms with Gasteiger partial charge in [-0.2, -0.15) is 0 Å². The Morgan fingerprint density at radius 3 is 2.15 bits per heavy atom. The number of aryl methyl sites for hydroxylation is 2. The molecular formula is C36H40FN3O5S. The van der Waals surface area contributed by atoms with E-state index in [9.17, 15) is 22.4 Å². The summed E-state index contributed by atoms with van der Waals surface area (Å²) in [5.41, 5.74) is 3.23. The highest BCUT2D eigenvalue weighted by Crippen LogP contribution is 2.34. The van der Waals surface area contributed by atoms with Crippen molar-refractivity contribution in [1.29, 1.82) is 0 Å². The van der Waals surface area contributed by atoms with Crippen LogP contribution in [0.3, 0.4) is 0 Å². The van der Waals surface area contributed by atoms with Crippen molar-refractivity contribution in [3.63, 3.8) is 0 Å². The van der Waals surface area contributed by atoms with Crippen LogP contribution in [0.4, 0.5) is 10.1 Å². The highest BCUT2D eigenvalue weighted by Gasteiger charge is 2.35. The molecule has 1 N–H and O–H groups in total. The van der Waals surface area contributed by atoms with Crippen LogP contribution in [-0.4, -0.2) is 51.4 Å². The fourth-order valence-corrected chi connectivity index (χ4v) is 6.47. The summed E-state index contributed by atoms with van der Waals surface area (Å²) in [5, 5.41) is 2.91. The van der Waals surface area contributed by atoms with Gasteiger partial charge in [0.1, 0.15) is 24.2 Å². The van der Waals surface area contributed by atoms with Crippen LogP contribution in [0, 0.1) is 19.7 Å². The normalized spacial score (nSPS) is 11.8. The predicted molar refractivity (Wildman–Crippen MR) is 178 cm³/mol. The monoisotopic (exact) mass is 645 g/mol. The summed E-state index contributed by atoms with van der Waals surface area (Å²) in [4.78, 5) is 29.7. The first-order valence-corrected chi connectivity index (χ1v) is 16.6. The molecule has 0 saturated heterocycles. The van der Waals surface area contributed by atoms with Crippen LogP contribution in [0.25, 0.3) is 0 Å². The van der Waals surface area contributed by atoms with Crippen LogP contribution in [0.2, 0.25) is 0 Å². The Morgan fingerprint density at radius 1 is 0.870 bits per heavy atom. The SMILES string of the molecule is CCCNC(=O)[C@@H](Cc1ccccc1)N(Cc1ccc(F)cc1)C(=O)CN(c1cc(C)ccc1OC)S(=O)(=O)c1ccc(C)cc1. The van der Waals surface area contributed by atoms with Crippen molar-refractivity contribution in [1.82, 2.24) is 10.2 Å². The highest BCUT2D eigenvalue weighted by atomic mass is 32.2. The molecule has 4 rings (SSSR count). The summed E-state index contributed by atoms with van der Waals surface area (Å²) in [6.07, 6.45) is 0.868.